The summed E-state index contributed by atoms with van der Waals surface area (Å²) in [4.78, 5) is 23.0. The summed E-state index contributed by atoms with van der Waals surface area (Å²) in [7, 11) is 0. The zero-order valence-electron chi connectivity index (χ0n) is 11.5. The molecule has 1 aliphatic rings. The van der Waals surface area contributed by atoms with Gasteiger partial charge in [-0.15, -0.1) is 0 Å². The fraction of sp³-hybridized carbons (Fsp3) is 0.286. The summed E-state index contributed by atoms with van der Waals surface area (Å²) in [6, 6.07) is 6.10. The minimum absolute atomic E-state index is 0.138. The molecular weight excluding hydrogens is 275 g/mol. The highest BCUT2D eigenvalue weighted by Gasteiger charge is 2.26. The Bertz CT molecular complexity index is 613. The van der Waals surface area contributed by atoms with E-state index in [2.05, 4.69) is 21.1 Å². The molecule has 110 valence electrons. The highest BCUT2D eigenvalue weighted by molar-refractivity contribution is 6.07. The van der Waals surface area contributed by atoms with Crippen molar-refractivity contribution >= 4 is 23.7 Å². The van der Waals surface area contributed by atoms with E-state index in [1.54, 1.807) is 25.1 Å². The van der Waals surface area contributed by atoms with Crippen molar-refractivity contribution in [3.8, 4) is 0 Å². The van der Waals surface area contributed by atoms with E-state index in [1.807, 2.05) is 0 Å². The first-order valence-corrected chi connectivity index (χ1v) is 6.48. The Morgan fingerprint density at radius 1 is 1.52 bits per heavy atom. The molecule has 0 saturated carbocycles. The SMILES string of the molecule is CC1=NNC(=O)C1CCC(=O)N/N=C/c1ccccc1F. The van der Waals surface area contributed by atoms with Crippen molar-refractivity contribution in [3.05, 3.63) is 35.6 Å². The first-order valence-electron chi connectivity index (χ1n) is 6.48. The molecule has 0 aromatic heterocycles. The summed E-state index contributed by atoms with van der Waals surface area (Å²) in [5.74, 6) is -1.32. The number of carbonyl (C=O) groups is 2. The van der Waals surface area contributed by atoms with Crippen LogP contribution in [-0.4, -0.2) is 23.7 Å². The van der Waals surface area contributed by atoms with Crippen LogP contribution >= 0.6 is 0 Å². The molecule has 0 aliphatic carbocycles. The number of nitrogens with zero attached hydrogens (tertiary/aromatic N) is 2. The fourth-order valence-electron chi connectivity index (χ4n) is 1.91. The summed E-state index contributed by atoms with van der Waals surface area (Å²) in [6.07, 6.45) is 1.74. The Morgan fingerprint density at radius 2 is 2.29 bits per heavy atom. The van der Waals surface area contributed by atoms with Crippen LogP contribution in [0.4, 0.5) is 4.39 Å². The van der Waals surface area contributed by atoms with Crippen molar-refractivity contribution < 1.29 is 14.0 Å². The molecule has 21 heavy (non-hydrogen) atoms. The quantitative estimate of drug-likeness (QED) is 0.630. The molecule has 2 rings (SSSR count). The molecular formula is C14H15FN4O2. The Labute approximate surface area is 121 Å². The van der Waals surface area contributed by atoms with Crippen LogP contribution < -0.4 is 10.9 Å². The Morgan fingerprint density at radius 3 is 2.95 bits per heavy atom. The number of hydrogen-bond donors (Lipinski definition) is 2. The highest BCUT2D eigenvalue weighted by Crippen LogP contribution is 2.13. The topological polar surface area (TPSA) is 82.9 Å². The van der Waals surface area contributed by atoms with Gasteiger partial charge in [0.2, 0.25) is 11.8 Å². The van der Waals surface area contributed by atoms with E-state index < -0.39 is 5.82 Å². The van der Waals surface area contributed by atoms with E-state index in [0.29, 0.717) is 12.1 Å². The van der Waals surface area contributed by atoms with Crippen LogP contribution in [0.5, 0.6) is 0 Å². The van der Waals surface area contributed by atoms with Gasteiger partial charge in [0.1, 0.15) is 5.82 Å². The van der Waals surface area contributed by atoms with Gasteiger partial charge in [-0.3, -0.25) is 9.59 Å². The average molecular weight is 290 g/mol. The van der Waals surface area contributed by atoms with Gasteiger partial charge in [-0.25, -0.2) is 15.2 Å². The molecule has 0 spiro atoms. The number of benzene rings is 1. The van der Waals surface area contributed by atoms with Gasteiger partial charge < -0.3 is 0 Å². The van der Waals surface area contributed by atoms with Crippen molar-refractivity contribution in [2.75, 3.05) is 0 Å². The van der Waals surface area contributed by atoms with E-state index >= 15 is 0 Å². The molecule has 7 heteroatoms. The van der Waals surface area contributed by atoms with Gasteiger partial charge in [0.15, 0.2) is 0 Å². The maximum atomic E-state index is 13.3. The van der Waals surface area contributed by atoms with Crippen LogP contribution in [0.2, 0.25) is 0 Å². The van der Waals surface area contributed by atoms with Gasteiger partial charge >= 0.3 is 0 Å². The van der Waals surface area contributed by atoms with Crippen LogP contribution in [0.15, 0.2) is 34.5 Å². The maximum absolute atomic E-state index is 13.3. The lowest BCUT2D eigenvalue weighted by atomic mass is 9.99. The van der Waals surface area contributed by atoms with Crippen LogP contribution in [0.25, 0.3) is 0 Å². The van der Waals surface area contributed by atoms with Gasteiger partial charge in [-0.1, -0.05) is 18.2 Å². The predicted octanol–water partition coefficient (Wildman–Crippen LogP) is 1.18. The summed E-state index contributed by atoms with van der Waals surface area (Å²) in [5.41, 5.74) is 5.62. The minimum Gasteiger partial charge on any atom is -0.273 e. The number of nitrogens with one attached hydrogen (secondary N) is 2. The molecule has 0 bridgehead atoms. The van der Waals surface area contributed by atoms with Crippen LogP contribution in [0.3, 0.4) is 0 Å². The molecule has 1 aromatic carbocycles. The van der Waals surface area contributed by atoms with E-state index in [1.165, 1.54) is 12.3 Å². The van der Waals surface area contributed by atoms with Gasteiger partial charge in [0.25, 0.3) is 0 Å². The second-order valence-corrected chi connectivity index (χ2v) is 4.64. The maximum Gasteiger partial charge on any atom is 0.248 e. The fourth-order valence-corrected chi connectivity index (χ4v) is 1.91. The summed E-state index contributed by atoms with van der Waals surface area (Å²) >= 11 is 0. The van der Waals surface area contributed by atoms with E-state index in [0.717, 1.165) is 0 Å². The van der Waals surface area contributed by atoms with Crippen molar-refractivity contribution in [1.29, 1.82) is 0 Å². The second-order valence-electron chi connectivity index (χ2n) is 4.64. The molecule has 1 heterocycles. The number of hydrazone groups is 2. The molecule has 2 N–H and O–H groups in total. The molecule has 0 radical (unpaired) electrons. The average Bonchev–Trinajstić information content (AvgIpc) is 2.78. The minimum atomic E-state index is -0.412. The third kappa shape index (κ3) is 3.95. The predicted molar refractivity (Wildman–Crippen MR) is 76.1 cm³/mol. The van der Waals surface area contributed by atoms with Crippen LogP contribution in [-0.2, 0) is 9.59 Å². The Kier molecular flexibility index (Phi) is 4.76. The smallest absolute Gasteiger partial charge is 0.248 e. The molecule has 0 saturated heterocycles. The Balaban J connectivity index is 1.79. The van der Waals surface area contributed by atoms with Crippen LogP contribution in [0.1, 0.15) is 25.3 Å². The van der Waals surface area contributed by atoms with Crippen molar-refractivity contribution in [2.24, 2.45) is 16.1 Å². The number of hydrogen-bond acceptors (Lipinski definition) is 4. The highest BCUT2D eigenvalue weighted by atomic mass is 19.1. The standard InChI is InChI=1S/C14H15FN4O2/c1-9-11(14(21)19-17-9)6-7-13(20)18-16-8-10-4-2-3-5-12(10)15/h2-5,8,11H,6-7H2,1H3,(H,18,20)(H,19,21)/b16-8+. The van der Waals surface area contributed by atoms with E-state index in [4.69, 9.17) is 0 Å². The van der Waals surface area contributed by atoms with Gasteiger partial charge in [-0.2, -0.15) is 10.2 Å². The number of amides is 2. The van der Waals surface area contributed by atoms with E-state index in [9.17, 15) is 14.0 Å². The van der Waals surface area contributed by atoms with Gasteiger partial charge in [-0.05, 0) is 19.4 Å². The van der Waals surface area contributed by atoms with Crippen molar-refractivity contribution in [1.82, 2.24) is 10.9 Å². The molecule has 2 amide bonds. The van der Waals surface area contributed by atoms with Crippen molar-refractivity contribution in [2.45, 2.75) is 19.8 Å². The lowest BCUT2D eigenvalue weighted by Gasteiger charge is -2.06. The van der Waals surface area contributed by atoms with Gasteiger partial charge in [0, 0.05) is 17.7 Å². The molecule has 6 nitrogen and oxygen atoms in total. The van der Waals surface area contributed by atoms with E-state index in [-0.39, 0.29) is 29.7 Å². The first-order chi connectivity index (χ1) is 10.1. The molecule has 1 aliphatic heterocycles. The van der Waals surface area contributed by atoms with Crippen LogP contribution in [0, 0.1) is 11.7 Å². The lowest BCUT2D eigenvalue weighted by Crippen LogP contribution is -2.25. The molecule has 1 atom stereocenters. The molecule has 0 fully saturated rings. The first kappa shape index (κ1) is 14.8. The zero-order valence-corrected chi connectivity index (χ0v) is 11.5. The molecule has 1 unspecified atom stereocenters. The third-order valence-electron chi connectivity index (χ3n) is 3.12. The summed E-state index contributed by atoms with van der Waals surface area (Å²) in [5, 5.41) is 7.49. The largest absolute Gasteiger partial charge is 0.273 e. The van der Waals surface area contributed by atoms with Gasteiger partial charge in [0.05, 0.1) is 12.1 Å². The monoisotopic (exact) mass is 290 g/mol. The summed E-state index contributed by atoms with van der Waals surface area (Å²) < 4.78 is 13.3. The number of rotatable bonds is 5. The normalized spacial score (nSPS) is 17.7. The van der Waals surface area contributed by atoms with Crippen molar-refractivity contribution in [3.63, 3.8) is 0 Å². The number of halogens is 1. The second kappa shape index (κ2) is 6.74. The Hall–Kier alpha value is -2.57. The zero-order chi connectivity index (χ0) is 15.2. The molecule has 1 aromatic rings. The lowest BCUT2D eigenvalue weighted by molar-refractivity contribution is -0.123. The third-order valence-corrected chi connectivity index (χ3v) is 3.12. The number of carbonyl (C=O) groups excluding carboxylic acids is 2. The summed E-state index contributed by atoms with van der Waals surface area (Å²) in [6.45, 7) is 1.73.